The number of aromatic carboxylic acids is 1. The van der Waals surface area contributed by atoms with Crippen LogP contribution >= 0.6 is 0 Å². The van der Waals surface area contributed by atoms with Crippen molar-refractivity contribution in [2.75, 3.05) is 0 Å². The SMILES string of the molecule is CC(O)C(N)c1cccc(C(=O)O)n1. The maximum Gasteiger partial charge on any atom is 0.354 e. The summed E-state index contributed by atoms with van der Waals surface area (Å²) in [5.41, 5.74) is 5.91. The zero-order chi connectivity index (χ0) is 10.7. The standard InChI is InChI=1S/C9H12N2O3/c1-5(12)8(10)6-3-2-4-7(11-6)9(13)14/h2-5,8,12H,10H2,1H3,(H,13,14). The number of hydrogen-bond acceptors (Lipinski definition) is 4. The minimum atomic E-state index is -1.11. The number of aliphatic hydroxyl groups excluding tert-OH is 1. The molecule has 0 saturated heterocycles. The number of nitrogens with two attached hydrogens (primary N) is 1. The number of aromatic nitrogens is 1. The fourth-order valence-corrected chi connectivity index (χ4v) is 1.00. The van der Waals surface area contributed by atoms with Crippen LogP contribution in [0.5, 0.6) is 0 Å². The molecule has 0 spiro atoms. The van der Waals surface area contributed by atoms with Crippen molar-refractivity contribution in [2.24, 2.45) is 5.73 Å². The number of pyridine rings is 1. The van der Waals surface area contributed by atoms with E-state index in [1.54, 1.807) is 12.1 Å². The first-order valence-corrected chi connectivity index (χ1v) is 4.16. The summed E-state index contributed by atoms with van der Waals surface area (Å²) in [6, 6.07) is 3.85. The number of carboxylic acid groups (broad SMARTS) is 1. The molecule has 76 valence electrons. The average Bonchev–Trinajstić information content (AvgIpc) is 2.16. The molecule has 5 nitrogen and oxygen atoms in total. The highest BCUT2D eigenvalue weighted by Gasteiger charge is 2.15. The zero-order valence-electron chi connectivity index (χ0n) is 7.71. The highest BCUT2D eigenvalue weighted by Crippen LogP contribution is 2.11. The van der Waals surface area contributed by atoms with Crippen LogP contribution in [-0.2, 0) is 0 Å². The van der Waals surface area contributed by atoms with Gasteiger partial charge in [-0.2, -0.15) is 0 Å². The van der Waals surface area contributed by atoms with Crippen LogP contribution in [0, 0.1) is 0 Å². The van der Waals surface area contributed by atoms with Gasteiger partial charge >= 0.3 is 5.97 Å². The highest BCUT2D eigenvalue weighted by atomic mass is 16.4. The Labute approximate surface area is 81.2 Å². The molecule has 0 aromatic carbocycles. The summed E-state index contributed by atoms with van der Waals surface area (Å²) in [6.45, 7) is 1.53. The predicted molar refractivity (Wildman–Crippen MR) is 49.8 cm³/mol. The van der Waals surface area contributed by atoms with Crippen LogP contribution in [0.15, 0.2) is 18.2 Å². The minimum absolute atomic E-state index is 0.0707. The molecular weight excluding hydrogens is 184 g/mol. The first-order valence-electron chi connectivity index (χ1n) is 4.16. The largest absolute Gasteiger partial charge is 0.477 e. The molecule has 0 aliphatic carbocycles. The Morgan fingerprint density at radius 1 is 1.57 bits per heavy atom. The lowest BCUT2D eigenvalue weighted by atomic mass is 10.1. The first-order chi connectivity index (χ1) is 6.52. The Morgan fingerprint density at radius 2 is 2.21 bits per heavy atom. The zero-order valence-corrected chi connectivity index (χ0v) is 7.71. The summed E-state index contributed by atoms with van der Waals surface area (Å²) in [5.74, 6) is -1.11. The number of carbonyl (C=O) groups is 1. The van der Waals surface area contributed by atoms with Gasteiger partial charge in [0, 0.05) is 0 Å². The lowest BCUT2D eigenvalue weighted by Gasteiger charge is -2.13. The number of carboxylic acids is 1. The van der Waals surface area contributed by atoms with Crippen molar-refractivity contribution >= 4 is 5.97 Å². The second-order valence-corrected chi connectivity index (χ2v) is 3.02. The Morgan fingerprint density at radius 3 is 2.71 bits per heavy atom. The Bertz CT molecular complexity index is 339. The van der Waals surface area contributed by atoms with Crippen molar-refractivity contribution in [1.29, 1.82) is 0 Å². The van der Waals surface area contributed by atoms with Crippen molar-refractivity contribution in [3.8, 4) is 0 Å². The monoisotopic (exact) mass is 196 g/mol. The maximum atomic E-state index is 10.6. The lowest BCUT2D eigenvalue weighted by molar-refractivity contribution is 0.0689. The summed E-state index contributed by atoms with van der Waals surface area (Å²) < 4.78 is 0. The topological polar surface area (TPSA) is 96.4 Å². The van der Waals surface area contributed by atoms with Crippen molar-refractivity contribution in [2.45, 2.75) is 19.1 Å². The molecule has 0 amide bonds. The normalized spacial score (nSPS) is 14.8. The fraction of sp³-hybridized carbons (Fsp3) is 0.333. The molecule has 0 aliphatic rings. The van der Waals surface area contributed by atoms with E-state index >= 15 is 0 Å². The van der Waals surface area contributed by atoms with Crippen molar-refractivity contribution in [1.82, 2.24) is 4.98 Å². The molecule has 4 N–H and O–H groups in total. The number of rotatable bonds is 3. The van der Waals surface area contributed by atoms with E-state index in [0.29, 0.717) is 5.69 Å². The molecule has 1 rings (SSSR count). The van der Waals surface area contributed by atoms with Gasteiger partial charge in [-0.3, -0.25) is 0 Å². The van der Waals surface area contributed by atoms with Crippen molar-refractivity contribution < 1.29 is 15.0 Å². The van der Waals surface area contributed by atoms with E-state index in [1.165, 1.54) is 13.0 Å². The summed E-state index contributed by atoms with van der Waals surface area (Å²) in [4.78, 5) is 14.4. The van der Waals surface area contributed by atoms with E-state index in [4.69, 9.17) is 10.8 Å². The van der Waals surface area contributed by atoms with Gasteiger partial charge in [-0.05, 0) is 19.1 Å². The van der Waals surface area contributed by atoms with Gasteiger partial charge in [0.1, 0.15) is 5.69 Å². The van der Waals surface area contributed by atoms with Crippen molar-refractivity contribution in [3.63, 3.8) is 0 Å². The van der Waals surface area contributed by atoms with Crippen molar-refractivity contribution in [3.05, 3.63) is 29.6 Å². The third-order valence-corrected chi connectivity index (χ3v) is 1.85. The van der Waals surface area contributed by atoms with Crippen LogP contribution in [0.4, 0.5) is 0 Å². The highest BCUT2D eigenvalue weighted by molar-refractivity contribution is 5.85. The molecule has 1 heterocycles. The Balaban J connectivity index is 2.99. The summed E-state index contributed by atoms with van der Waals surface area (Å²) in [7, 11) is 0. The van der Waals surface area contributed by atoms with E-state index < -0.39 is 18.1 Å². The van der Waals surface area contributed by atoms with Crippen LogP contribution in [0.1, 0.15) is 29.1 Å². The molecule has 0 saturated carbocycles. The molecule has 2 unspecified atom stereocenters. The molecule has 0 aliphatic heterocycles. The summed E-state index contributed by atoms with van der Waals surface area (Å²) in [5, 5.41) is 17.9. The van der Waals surface area contributed by atoms with Gasteiger partial charge in [0.15, 0.2) is 0 Å². The molecule has 1 aromatic heterocycles. The number of hydrogen-bond donors (Lipinski definition) is 3. The fourth-order valence-electron chi connectivity index (χ4n) is 1.00. The summed E-state index contributed by atoms with van der Waals surface area (Å²) >= 11 is 0. The van der Waals surface area contributed by atoms with Gasteiger partial charge in [-0.25, -0.2) is 9.78 Å². The number of nitrogens with zero attached hydrogens (tertiary/aromatic N) is 1. The average molecular weight is 196 g/mol. The van der Waals surface area contributed by atoms with Crippen LogP contribution in [0.2, 0.25) is 0 Å². The van der Waals surface area contributed by atoms with Crippen LogP contribution in [0.25, 0.3) is 0 Å². The van der Waals surface area contributed by atoms with Gasteiger partial charge in [0.2, 0.25) is 0 Å². The Kier molecular flexibility index (Phi) is 3.16. The van der Waals surface area contributed by atoms with Crippen LogP contribution in [-0.4, -0.2) is 27.3 Å². The molecule has 0 fully saturated rings. The van der Waals surface area contributed by atoms with Gasteiger partial charge in [-0.1, -0.05) is 6.07 Å². The third kappa shape index (κ3) is 2.27. The maximum absolute atomic E-state index is 10.6. The Hall–Kier alpha value is -1.46. The van der Waals surface area contributed by atoms with E-state index in [2.05, 4.69) is 4.98 Å². The lowest BCUT2D eigenvalue weighted by Crippen LogP contribution is -2.24. The van der Waals surface area contributed by atoms with Crippen LogP contribution in [0.3, 0.4) is 0 Å². The van der Waals surface area contributed by atoms with Gasteiger partial charge in [-0.15, -0.1) is 0 Å². The van der Waals surface area contributed by atoms with E-state index in [9.17, 15) is 9.90 Å². The van der Waals surface area contributed by atoms with E-state index in [1.807, 2.05) is 0 Å². The van der Waals surface area contributed by atoms with E-state index in [0.717, 1.165) is 0 Å². The van der Waals surface area contributed by atoms with Crippen LogP contribution < -0.4 is 5.73 Å². The van der Waals surface area contributed by atoms with E-state index in [-0.39, 0.29) is 5.69 Å². The predicted octanol–water partition coefficient (Wildman–Crippen LogP) is 0.160. The second-order valence-electron chi connectivity index (χ2n) is 3.02. The third-order valence-electron chi connectivity index (χ3n) is 1.85. The summed E-state index contributed by atoms with van der Waals surface area (Å²) in [6.07, 6.45) is -0.758. The molecule has 2 atom stereocenters. The smallest absolute Gasteiger partial charge is 0.354 e. The first kappa shape index (κ1) is 10.6. The molecule has 14 heavy (non-hydrogen) atoms. The second kappa shape index (κ2) is 4.17. The van der Waals surface area contributed by atoms with Gasteiger partial charge in [0.25, 0.3) is 0 Å². The molecule has 5 heteroatoms. The molecule has 0 bridgehead atoms. The molecule has 0 radical (unpaired) electrons. The molecule has 1 aromatic rings. The molecular formula is C9H12N2O3. The van der Waals surface area contributed by atoms with Gasteiger partial charge in [0.05, 0.1) is 17.8 Å². The minimum Gasteiger partial charge on any atom is -0.477 e. The number of aliphatic hydroxyl groups is 1. The quantitative estimate of drug-likeness (QED) is 0.639. The van der Waals surface area contributed by atoms with Gasteiger partial charge < -0.3 is 15.9 Å².